The molecule has 0 aliphatic carbocycles. The molecule has 1 aromatic heterocycles. The summed E-state index contributed by atoms with van der Waals surface area (Å²) in [5, 5.41) is 19.8. The zero-order chi connectivity index (χ0) is 9.42. The van der Waals surface area contributed by atoms with Gasteiger partial charge in [-0.15, -0.1) is 10.2 Å². The summed E-state index contributed by atoms with van der Waals surface area (Å²) in [4.78, 5) is 0. The monoisotopic (exact) mass is 184 g/mol. The van der Waals surface area contributed by atoms with Crippen LogP contribution in [0.3, 0.4) is 0 Å². The van der Waals surface area contributed by atoms with Crippen molar-refractivity contribution < 1.29 is 5.11 Å². The molecule has 1 fully saturated rings. The lowest BCUT2D eigenvalue weighted by molar-refractivity contribution is 0.193. The maximum absolute atomic E-state index is 9.27. The van der Waals surface area contributed by atoms with Crippen molar-refractivity contribution >= 4 is 5.95 Å². The highest BCUT2D eigenvalue weighted by Crippen LogP contribution is 2.21. The van der Waals surface area contributed by atoms with Crippen molar-refractivity contribution in [2.45, 2.75) is 18.6 Å². The number of nitrogens with zero attached hydrogens (tertiary/aromatic N) is 3. The summed E-state index contributed by atoms with van der Waals surface area (Å²) in [5.74, 6) is 6.32. The van der Waals surface area contributed by atoms with Gasteiger partial charge in [0, 0.05) is 6.54 Å². The quantitative estimate of drug-likeness (QED) is 0.374. The minimum Gasteiger partial charge on any atom is -0.392 e. The van der Waals surface area contributed by atoms with Gasteiger partial charge in [0.05, 0.1) is 12.1 Å². The fourth-order valence-electron chi connectivity index (χ4n) is 1.47. The number of aliphatic hydroxyl groups is 1. The van der Waals surface area contributed by atoms with Crippen LogP contribution in [0.25, 0.3) is 0 Å². The van der Waals surface area contributed by atoms with E-state index in [1.165, 1.54) is 4.68 Å². The third-order valence-corrected chi connectivity index (χ3v) is 2.17. The molecule has 0 bridgehead atoms. The second-order valence-electron chi connectivity index (χ2n) is 3.14. The second-order valence-corrected chi connectivity index (χ2v) is 3.14. The standard InChI is InChI=1S/C6H12N6O/c7-6-11-10-5(12(6)8)4-1-3(13)2-9-4/h3-4,9,13H,1-2,8H2,(H2,7,11)/t3-,4+/m1/s1. The van der Waals surface area contributed by atoms with E-state index in [1.54, 1.807) is 0 Å². The highest BCUT2D eigenvalue weighted by atomic mass is 16.3. The number of hydrogen-bond acceptors (Lipinski definition) is 6. The van der Waals surface area contributed by atoms with Gasteiger partial charge in [0.25, 0.3) is 0 Å². The molecule has 0 radical (unpaired) electrons. The fraction of sp³-hybridized carbons (Fsp3) is 0.667. The highest BCUT2D eigenvalue weighted by Gasteiger charge is 2.27. The minimum atomic E-state index is -0.345. The van der Waals surface area contributed by atoms with Crippen LogP contribution >= 0.6 is 0 Å². The number of anilines is 1. The number of rotatable bonds is 1. The average molecular weight is 184 g/mol. The summed E-state index contributed by atoms with van der Waals surface area (Å²) in [6.07, 6.45) is 0.248. The Bertz CT molecular complexity index is 310. The molecule has 0 saturated carbocycles. The molecule has 72 valence electrons. The van der Waals surface area contributed by atoms with Gasteiger partial charge in [-0.25, -0.2) is 4.68 Å². The highest BCUT2D eigenvalue weighted by molar-refractivity contribution is 5.19. The summed E-state index contributed by atoms with van der Waals surface area (Å²) in [5.41, 5.74) is 5.42. The van der Waals surface area contributed by atoms with Crippen molar-refractivity contribution in [3.63, 3.8) is 0 Å². The molecular weight excluding hydrogens is 172 g/mol. The maximum Gasteiger partial charge on any atom is 0.240 e. The molecule has 0 spiro atoms. The van der Waals surface area contributed by atoms with Gasteiger partial charge in [-0.1, -0.05) is 0 Å². The van der Waals surface area contributed by atoms with Crippen LogP contribution in [0.5, 0.6) is 0 Å². The van der Waals surface area contributed by atoms with Crippen molar-refractivity contribution in [1.82, 2.24) is 20.2 Å². The number of hydrogen-bond donors (Lipinski definition) is 4. The SMILES string of the molecule is Nc1nnc([C@@H]2C[C@@H](O)CN2)n1N. The first-order valence-corrected chi connectivity index (χ1v) is 4.06. The molecule has 2 heterocycles. The van der Waals surface area contributed by atoms with E-state index in [0.717, 1.165) is 0 Å². The maximum atomic E-state index is 9.27. The lowest BCUT2D eigenvalue weighted by atomic mass is 10.2. The zero-order valence-electron chi connectivity index (χ0n) is 7.01. The van der Waals surface area contributed by atoms with Crippen molar-refractivity contribution in [1.29, 1.82) is 0 Å². The lowest BCUT2D eigenvalue weighted by Crippen LogP contribution is -2.23. The smallest absolute Gasteiger partial charge is 0.240 e. The largest absolute Gasteiger partial charge is 0.392 e. The van der Waals surface area contributed by atoms with Crippen LogP contribution in [0, 0.1) is 0 Å². The number of nitrogens with one attached hydrogen (secondary N) is 1. The van der Waals surface area contributed by atoms with Gasteiger partial charge in [-0.3, -0.25) is 0 Å². The van der Waals surface area contributed by atoms with Crippen molar-refractivity contribution in [3.8, 4) is 0 Å². The molecule has 13 heavy (non-hydrogen) atoms. The van der Waals surface area contributed by atoms with Gasteiger partial charge in [-0.2, -0.15) is 0 Å². The van der Waals surface area contributed by atoms with Crippen molar-refractivity contribution in [2.75, 3.05) is 18.1 Å². The molecule has 7 heteroatoms. The van der Waals surface area contributed by atoms with E-state index in [1.807, 2.05) is 0 Å². The van der Waals surface area contributed by atoms with Crippen LogP contribution in [0.2, 0.25) is 0 Å². The second kappa shape index (κ2) is 2.86. The van der Waals surface area contributed by atoms with E-state index in [0.29, 0.717) is 18.8 Å². The zero-order valence-corrected chi connectivity index (χ0v) is 7.01. The summed E-state index contributed by atoms with van der Waals surface area (Å²) >= 11 is 0. The number of aliphatic hydroxyl groups excluding tert-OH is 1. The Morgan fingerprint density at radius 1 is 1.54 bits per heavy atom. The molecule has 1 aliphatic rings. The minimum absolute atomic E-state index is 0.0511. The van der Waals surface area contributed by atoms with Crippen molar-refractivity contribution in [3.05, 3.63) is 5.82 Å². The van der Waals surface area contributed by atoms with Gasteiger partial charge >= 0.3 is 0 Å². The predicted octanol–water partition coefficient (Wildman–Crippen LogP) is -2.03. The average Bonchev–Trinajstić information content (AvgIpc) is 2.62. The van der Waals surface area contributed by atoms with Gasteiger partial charge in [0.1, 0.15) is 0 Å². The Morgan fingerprint density at radius 3 is 2.77 bits per heavy atom. The third-order valence-electron chi connectivity index (χ3n) is 2.17. The Kier molecular flexibility index (Phi) is 1.82. The molecule has 1 aliphatic heterocycles. The van der Waals surface area contributed by atoms with E-state index in [-0.39, 0.29) is 18.1 Å². The van der Waals surface area contributed by atoms with Crippen LogP contribution in [0.4, 0.5) is 5.95 Å². The number of nitrogens with two attached hydrogens (primary N) is 2. The summed E-state index contributed by atoms with van der Waals surface area (Å²) in [6, 6.07) is -0.0511. The van der Waals surface area contributed by atoms with Gasteiger partial charge in [-0.05, 0) is 6.42 Å². The third kappa shape index (κ3) is 1.31. The van der Waals surface area contributed by atoms with E-state index in [9.17, 15) is 5.11 Å². The first kappa shape index (κ1) is 8.27. The molecule has 0 unspecified atom stereocenters. The predicted molar refractivity (Wildman–Crippen MR) is 46.0 cm³/mol. The lowest BCUT2D eigenvalue weighted by Gasteiger charge is -2.07. The molecule has 0 amide bonds. The molecule has 1 saturated heterocycles. The molecule has 2 rings (SSSR count). The molecule has 6 N–H and O–H groups in total. The molecule has 1 aromatic rings. The van der Waals surface area contributed by atoms with Crippen molar-refractivity contribution in [2.24, 2.45) is 0 Å². The fourth-order valence-corrected chi connectivity index (χ4v) is 1.47. The van der Waals surface area contributed by atoms with Crippen LogP contribution in [-0.4, -0.2) is 32.6 Å². The Labute approximate surface area is 74.7 Å². The van der Waals surface area contributed by atoms with E-state index >= 15 is 0 Å². The van der Waals surface area contributed by atoms with Crippen LogP contribution < -0.4 is 16.9 Å². The summed E-state index contributed by atoms with van der Waals surface area (Å²) in [6.45, 7) is 0.553. The van der Waals surface area contributed by atoms with E-state index < -0.39 is 0 Å². The molecule has 2 atom stereocenters. The first-order chi connectivity index (χ1) is 6.18. The summed E-state index contributed by atoms with van der Waals surface area (Å²) in [7, 11) is 0. The molecule has 7 nitrogen and oxygen atoms in total. The van der Waals surface area contributed by atoms with Crippen LogP contribution in [-0.2, 0) is 0 Å². The molecule has 0 aromatic carbocycles. The normalized spacial score (nSPS) is 28.1. The van der Waals surface area contributed by atoms with Gasteiger partial charge in [0.15, 0.2) is 5.82 Å². The Morgan fingerprint density at radius 2 is 2.31 bits per heavy atom. The Hall–Kier alpha value is -1.34. The van der Waals surface area contributed by atoms with Crippen LogP contribution in [0.15, 0.2) is 0 Å². The first-order valence-electron chi connectivity index (χ1n) is 4.06. The van der Waals surface area contributed by atoms with Gasteiger partial charge in [0.2, 0.25) is 5.95 Å². The summed E-state index contributed by atoms with van der Waals surface area (Å²) < 4.78 is 1.23. The van der Waals surface area contributed by atoms with Gasteiger partial charge < -0.3 is 22.0 Å². The molecular formula is C6H12N6O. The van der Waals surface area contributed by atoms with E-state index in [2.05, 4.69) is 15.5 Å². The topological polar surface area (TPSA) is 115 Å². The number of nitrogen functional groups attached to an aromatic ring is 2. The Balaban J connectivity index is 2.21. The van der Waals surface area contributed by atoms with E-state index in [4.69, 9.17) is 11.6 Å². The number of β-amino-alcohol motifs (C(OH)–C–C–N with tert-alkyl or cyclic N) is 1. The van der Waals surface area contributed by atoms with Crippen LogP contribution in [0.1, 0.15) is 18.3 Å². The number of aromatic nitrogens is 3.